The van der Waals surface area contributed by atoms with E-state index < -0.39 is 0 Å². The highest BCUT2D eigenvalue weighted by Crippen LogP contribution is 2.24. The summed E-state index contributed by atoms with van der Waals surface area (Å²) >= 11 is 6.13. The minimum atomic E-state index is 0.118. The standard InChI is InChI=1S/C20H23ClN2O2/c21-18-7-3-4-8-19(18)25-14-17-6-2-1-5-16(17)13-23-20(24)15-9-11-22-12-10-15/h1-8,15,22H,9-14H2,(H,23,24). The monoisotopic (exact) mass is 358 g/mol. The minimum absolute atomic E-state index is 0.118. The summed E-state index contributed by atoms with van der Waals surface area (Å²) < 4.78 is 5.83. The highest BCUT2D eigenvalue weighted by Gasteiger charge is 2.20. The third-order valence-corrected chi connectivity index (χ3v) is 4.81. The fourth-order valence-corrected chi connectivity index (χ4v) is 3.19. The Labute approximate surface area is 153 Å². The van der Waals surface area contributed by atoms with Gasteiger partial charge in [-0.05, 0) is 49.2 Å². The van der Waals surface area contributed by atoms with E-state index in [2.05, 4.69) is 10.6 Å². The van der Waals surface area contributed by atoms with E-state index in [0.717, 1.165) is 37.1 Å². The van der Waals surface area contributed by atoms with Crippen LogP contribution >= 0.6 is 11.6 Å². The molecule has 25 heavy (non-hydrogen) atoms. The molecule has 132 valence electrons. The Balaban J connectivity index is 1.59. The number of hydrogen-bond acceptors (Lipinski definition) is 3. The zero-order chi connectivity index (χ0) is 17.5. The van der Waals surface area contributed by atoms with Crippen molar-refractivity contribution in [1.82, 2.24) is 10.6 Å². The van der Waals surface area contributed by atoms with Gasteiger partial charge in [0.15, 0.2) is 0 Å². The second kappa shape index (κ2) is 8.88. The largest absolute Gasteiger partial charge is 0.487 e. The molecule has 0 atom stereocenters. The van der Waals surface area contributed by atoms with Crippen LogP contribution in [0.15, 0.2) is 48.5 Å². The van der Waals surface area contributed by atoms with E-state index in [9.17, 15) is 4.79 Å². The summed E-state index contributed by atoms with van der Waals surface area (Å²) in [4.78, 5) is 12.3. The van der Waals surface area contributed by atoms with E-state index in [1.54, 1.807) is 0 Å². The van der Waals surface area contributed by atoms with Crippen molar-refractivity contribution < 1.29 is 9.53 Å². The third-order valence-electron chi connectivity index (χ3n) is 4.50. The van der Waals surface area contributed by atoms with Crippen LogP contribution in [0.2, 0.25) is 5.02 Å². The second-order valence-electron chi connectivity index (χ2n) is 6.23. The van der Waals surface area contributed by atoms with Gasteiger partial charge in [0.1, 0.15) is 12.4 Å². The third kappa shape index (κ3) is 4.97. The summed E-state index contributed by atoms with van der Waals surface area (Å²) in [6, 6.07) is 15.4. The SMILES string of the molecule is O=C(NCc1ccccc1COc1ccccc1Cl)C1CCNCC1. The van der Waals surface area contributed by atoms with Crippen molar-refractivity contribution in [2.24, 2.45) is 5.92 Å². The Morgan fingerprint density at radius 1 is 1.08 bits per heavy atom. The lowest BCUT2D eigenvalue weighted by Crippen LogP contribution is -2.38. The average Bonchev–Trinajstić information content (AvgIpc) is 2.67. The molecule has 0 spiro atoms. The molecule has 2 N–H and O–H groups in total. The lowest BCUT2D eigenvalue weighted by Gasteiger charge is -2.22. The lowest BCUT2D eigenvalue weighted by atomic mass is 9.97. The Kier molecular flexibility index (Phi) is 6.31. The molecule has 2 aromatic carbocycles. The molecule has 2 aromatic rings. The van der Waals surface area contributed by atoms with Crippen LogP contribution in [0.1, 0.15) is 24.0 Å². The molecule has 1 saturated heterocycles. The summed E-state index contributed by atoms with van der Waals surface area (Å²) in [5, 5.41) is 6.95. The summed E-state index contributed by atoms with van der Waals surface area (Å²) in [7, 11) is 0. The van der Waals surface area contributed by atoms with Crippen molar-refractivity contribution >= 4 is 17.5 Å². The van der Waals surface area contributed by atoms with Crippen molar-refractivity contribution in [3.63, 3.8) is 0 Å². The van der Waals surface area contributed by atoms with Gasteiger partial charge in [0.2, 0.25) is 5.91 Å². The van der Waals surface area contributed by atoms with Crippen molar-refractivity contribution in [3.05, 3.63) is 64.7 Å². The molecule has 0 radical (unpaired) electrons. The number of para-hydroxylation sites is 1. The molecule has 1 heterocycles. The molecule has 1 aliphatic heterocycles. The van der Waals surface area contributed by atoms with Crippen LogP contribution < -0.4 is 15.4 Å². The molecular formula is C20H23ClN2O2. The highest BCUT2D eigenvalue weighted by atomic mass is 35.5. The number of rotatable bonds is 6. The molecule has 0 bridgehead atoms. The maximum atomic E-state index is 12.3. The maximum Gasteiger partial charge on any atom is 0.223 e. The summed E-state index contributed by atoms with van der Waals surface area (Å²) in [6.45, 7) is 2.77. The molecular weight excluding hydrogens is 336 g/mol. The maximum absolute atomic E-state index is 12.3. The van der Waals surface area contributed by atoms with E-state index in [0.29, 0.717) is 23.9 Å². The summed E-state index contributed by atoms with van der Waals surface area (Å²) in [5.41, 5.74) is 2.12. The average molecular weight is 359 g/mol. The van der Waals surface area contributed by atoms with Gasteiger partial charge in [-0.25, -0.2) is 0 Å². The van der Waals surface area contributed by atoms with E-state index in [-0.39, 0.29) is 11.8 Å². The predicted molar refractivity (Wildman–Crippen MR) is 99.7 cm³/mol. The van der Waals surface area contributed by atoms with Gasteiger partial charge < -0.3 is 15.4 Å². The molecule has 0 aliphatic carbocycles. The van der Waals surface area contributed by atoms with Gasteiger partial charge in [-0.3, -0.25) is 4.79 Å². The van der Waals surface area contributed by atoms with Gasteiger partial charge in [-0.1, -0.05) is 48.0 Å². The lowest BCUT2D eigenvalue weighted by molar-refractivity contribution is -0.125. The van der Waals surface area contributed by atoms with Crippen LogP contribution in [0, 0.1) is 5.92 Å². The van der Waals surface area contributed by atoms with Gasteiger partial charge >= 0.3 is 0 Å². The number of nitrogens with one attached hydrogen (secondary N) is 2. The van der Waals surface area contributed by atoms with Crippen molar-refractivity contribution in [1.29, 1.82) is 0 Å². The Bertz CT molecular complexity index is 714. The Hall–Kier alpha value is -2.04. The molecule has 4 nitrogen and oxygen atoms in total. The fraction of sp³-hybridized carbons (Fsp3) is 0.350. The van der Waals surface area contributed by atoms with Crippen molar-refractivity contribution in [3.8, 4) is 5.75 Å². The van der Waals surface area contributed by atoms with Gasteiger partial charge in [-0.15, -0.1) is 0 Å². The number of amides is 1. The number of hydrogen-bond donors (Lipinski definition) is 2. The normalized spacial score (nSPS) is 14.9. The second-order valence-corrected chi connectivity index (χ2v) is 6.64. The number of ether oxygens (including phenoxy) is 1. The van der Waals surface area contributed by atoms with Gasteiger partial charge in [0.25, 0.3) is 0 Å². The number of carbonyl (C=O) groups excluding carboxylic acids is 1. The van der Waals surface area contributed by atoms with Crippen LogP contribution in [0.5, 0.6) is 5.75 Å². The summed E-state index contributed by atoms with van der Waals surface area (Å²) in [6.07, 6.45) is 1.81. The van der Waals surface area contributed by atoms with Crippen LogP contribution in [-0.4, -0.2) is 19.0 Å². The topological polar surface area (TPSA) is 50.4 Å². The number of piperidine rings is 1. The molecule has 3 rings (SSSR count). The smallest absolute Gasteiger partial charge is 0.223 e. The van der Waals surface area contributed by atoms with E-state index in [1.807, 2.05) is 48.5 Å². The molecule has 0 saturated carbocycles. The van der Waals surface area contributed by atoms with E-state index >= 15 is 0 Å². The predicted octanol–water partition coefficient (Wildman–Crippen LogP) is 3.53. The van der Waals surface area contributed by atoms with E-state index in [4.69, 9.17) is 16.3 Å². The molecule has 0 unspecified atom stereocenters. The Morgan fingerprint density at radius 2 is 1.76 bits per heavy atom. The van der Waals surface area contributed by atoms with Crippen LogP contribution in [0.25, 0.3) is 0 Å². The molecule has 1 fully saturated rings. The van der Waals surface area contributed by atoms with Gasteiger partial charge in [0, 0.05) is 12.5 Å². The quantitative estimate of drug-likeness (QED) is 0.830. The zero-order valence-electron chi connectivity index (χ0n) is 14.1. The number of carbonyl (C=O) groups is 1. The Morgan fingerprint density at radius 3 is 2.52 bits per heavy atom. The molecule has 5 heteroatoms. The minimum Gasteiger partial charge on any atom is -0.487 e. The number of benzene rings is 2. The summed E-state index contributed by atoms with van der Waals surface area (Å²) in [5.74, 6) is 0.925. The van der Waals surface area contributed by atoms with Crippen molar-refractivity contribution in [2.75, 3.05) is 13.1 Å². The highest BCUT2D eigenvalue weighted by molar-refractivity contribution is 6.32. The first kappa shape index (κ1) is 17.8. The first-order valence-corrected chi connectivity index (χ1v) is 9.04. The number of halogens is 1. The van der Waals surface area contributed by atoms with E-state index in [1.165, 1.54) is 0 Å². The van der Waals surface area contributed by atoms with Crippen LogP contribution in [-0.2, 0) is 17.9 Å². The molecule has 1 amide bonds. The first-order chi connectivity index (χ1) is 12.2. The van der Waals surface area contributed by atoms with Crippen molar-refractivity contribution in [2.45, 2.75) is 26.0 Å². The zero-order valence-corrected chi connectivity index (χ0v) is 14.9. The van der Waals surface area contributed by atoms with Crippen LogP contribution in [0.3, 0.4) is 0 Å². The van der Waals surface area contributed by atoms with Gasteiger partial charge in [0.05, 0.1) is 5.02 Å². The van der Waals surface area contributed by atoms with Crippen LogP contribution in [0.4, 0.5) is 0 Å². The van der Waals surface area contributed by atoms with Gasteiger partial charge in [-0.2, -0.15) is 0 Å². The fourth-order valence-electron chi connectivity index (χ4n) is 3.00. The first-order valence-electron chi connectivity index (χ1n) is 8.66. The molecule has 0 aromatic heterocycles. The molecule has 1 aliphatic rings.